The van der Waals surface area contributed by atoms with E-state index >= 15 is 0 Å². The third-order valence-corrected chi connectivity index (χ3v) is 4.56. The molecule has 5 heteroatoms. The van der Waals surface area contributed by atoms with E-state index < -0.39 is 10.0 Å². The molecule has 0 amide bonds. The number of nitrogens with one attached hydrogen (secondary N) is 2. The Morgan fingerprint density at radius 1 is 1.12 bits per heavy atom. The van der Waals surface area contributed by atoms with Crippen LogP contribution in [0.1, 0.15) is 47.5 Å². The lowest BCUT2D eigenvalue weighted by Gasteiger charge is -2.19. The van der Waals surface area contributed by atoms with Crippen molar-refractivity contribution in [1.82, 2.24) is 10.0 Å². The molecule has 2 unspecified atom stereocenters. The van der Waals surface area contributed by atoms with Crippen molar-refractivity contribution in [3.63, 3.8) is 0 Å². The second-order valence-electron chi connectivity index (χ2n) is 5.07. The minimum Gasteiger partial charge on any atom is -0.314 e. The maximum Gasteiger partial charge on any atom is 0.211 e. The van der Waals surface area contributed by atoms with Gasteiger partial charge in [0.05, 0.1) is 5.75 Å². The minimum absolute atomic E-state index is 0.0167. The molecule has 2 atom stereocenters. The summed E-state index contributed by atoms with van der Waals surface area (Å²) in [6.07, 6.45) is 1.64. The molecule has 0 bridgehead atoms. The van der Waals surface area contributed by atoms with Crippen LogP contribution in [0.5, 0.6) is 0 Å². The summed E-state index contributed by atoms with van der Waals surface area (Å²) in [6.45, 7) is 10.9. The molecule has 104 valence electrons. The summed E-state index contributed by atoms with van der Waals surface area (Å²) in [7, 11) is -3.12. The molecular weight excluding hydrogens is 236 g/mol. The monoisotopic (exact) mass is 264 g/mol. The highest BCUT2D eigenvalue weighted by Gasteiger charge is 2.17. The van der Waals surface area contributed by atoms with Gasteiger partial charge in [0.1, 0.15) is 0 Å². The highest BCUT2D eigenvalue weighted by molar-refractivity contribution is 7.89. The van der Waals surface area contributed by atoms with Crippen LogP contribution in [0, 0.1) is 5.92 Å². The van der Waals surface area contributed by atoms with Crippen molar-refractivity contribution in [2.24, 2.45) is 5.92 Å². The standard InChI is InChI=1S/C12H28N2O2S/c1-6-11(4)12(5)14-17(15,16)9-7-8-13-10(2)3/h10-14H,6-9H2,1-5H3. The van der Waals surface area contributed by atoms with Crippen molar-refractivity contribution in [2.45, 2.75) is 59.5 Å². The fourth-order valence-corrected chi connectivity index (χ4v) is 2.91. The van der Waals surface area contributed by atoms with Gasteiger partial charge in [0.25, 0.3) is 0 Å². The van der Waals surface area contributed by atoms with Crippen molar-refractivity contribution in [2.75, 3.05) is 12.3 Å². The molecule has 0 rings (SSSR count). The third-order valence-electron chi connectivity index (χ3n) is 3.01. The fraction of sp³-hybridized carbons (Fsp3) is 1.00. The van der Waals surface area contributed by atoms with E-state index in [2.05, 4.69) is 37.7 Å². The van der Waals surface area contributed by atoms with Crippen LogP contribution in [0.25, 0.3) is 0 Å². The van der Waals surface area contributed by atoms with Gasteiger partial charge in [-0.1, -0.05) is 34.1 Å². The second-order valence-corrected chi connectivity index (χ2v) is 6.95. The van der Waals surface area contributed by atoms with Crippen LogP contribution in [0.2, 0.25) is 0 Å². The Bertz CT molecular complexity index is 289. The average Bonchev–Trinajstić information content (AvgIpc) is 2.22. The quantitative estimate of drug-likeness (QED) is 0.624. The smallest absolute Gasteiger partial charge is 0.211 e. The summed E-state index contributed by atoms with van der Waals surface area (Å²) < 4.78 is 26.3. The van der Waals surface area contributed by atoms with Crippen LogP contribution in [-0.2, 0) is 10.0 Å². The van der Waals surface area contributed by atoms with Crippen LogP contribution in [0.4, 0.5) is 0 Å². The zero-order valence-corrected chi connectivity index (χ0v) is 12.6. The molecule has 0 spiro atoms. The normalized spacial score (nSPS) is 16.1. The molecule has 0 saturated heterocycles. The first kappa shape index (κ1) is 16.9. The Labute approximate surface area is 107 Å². The first-order valence-electron chi connectivity index (χ1n) is 6.52. The highest BCUT2D eigenvalue weighted by atomic mass is 32.2. The molecule has 0 saturated carbocycles. The Morgan fingerprint density at radius 3 is 2.18 bits per heavy atom. The van der Waals surface area contributed by atoms with E-state index in [-0.39, 0.29) is 11.8 Å². The summed E-state index contributed by atoms with van der Waals surface area (Å²) in [5.41, 5.74) is 0. The Hall–Kier alpha value is -0.130. The minimum atomic E-state index is -3.12. The zero-order valence-electron chi connectivity index (χ0n) is 11.8. The van der Waals surface area contributed by atoms with E-state index in [0.717, 1.165) is 13.0 Å². The van der Waals surface area contributed by atoms with Gasteiger partial charge < -0.3 is 5.32 Å². The molecule has 0 aromatic carbocycles. The SMILES string of the molecule is CCC(C)C(C)NS(=O)(=O)CCCNC(C)C. The summed E-state index contributed by atoms with van der Waals surface area (Å²) in [5.74, 6) is 0.576. The summed E-state index contributed by atoms with van der Waals surface area (Å²) in [4.78, 5) is 0. The second kappa shape index (κ2) is 8.06. The zero-order chi connectivity index (χ0) is 13.5. The largest absolute Gasteiger partial charge is 0.314 e. The van der Waals surface area contributed by atoms with E-state index in [1.54, 1.807) is 0 Å². The van der Waals surface area contributed by atoms with Crippen molar-refractivity contribution >= 4 is 10.0 Å². The van der Waals surface area contributed by atoms with E-state index in [9.17, 15) is 8.42 Å². The Balaban J connectivity index is 3.96. The summed E-state index contributed by atoms with van der Waals surface area (Å²) >= 11 is 0. The van der Waals surface area contributed by atoms with Crippen LogP contribution in [-0.4, -0.2) is 32.8 Å². The Morgan fingerprint density at radius 2 is 1.71 bits per heavy atom. The van der Waals surface area contributed by atoms with Gasteiger partial charge in [0.15, 0.2) is 0 Å². The van der Waals surface area contributed by atoms with Crippen molar-refractivity contribution in [1.29, 1.82) is 0 Å². The molecule has 17 heavy (non-hydrogen) atoms. The average molecular weight is 264 g/mol. The lowest BCUT2D eigenvalue weighted by Crippen LogP contribution is -2.39. The van der Waals surface area contributed by atoms with Crippen LogP contribution in [0.15, 0.2) is 0 Å². The molecule has 0 aromatic heterocycles. The summed E-state index contributed by atoms with van der Waals surface area (Å²) in [6, 6.07) is 0.424. The lowest BCUT2D eigenvalue weighted by molar-refractivity contribution is 0.433. The topological polar surface area (TPSA) is 58.2 Å². The number of hydrogen-bond acceptors (Lipinski definition) is 3. The van der Waals surface area contributed by atoms with Crippen molar-refractivity contribution in [3.8, 4) is 0 Å². The maximum atomic E-state index is 11.8. The van der Waals surface area contributed by atoms with Crippen LogP contribution >= 0.6 is 0 Å². The molecule has 0 fully saturated rings. The molecule has 2 N–H and O–H groups in total. The molecule has 0 aliphatic heterocycles. The molecule has 0 aliphatic rings. The van der Waals surface area contributed by atoms with Gasteiger partial charge in [-0.15, -0.1) is 0 Å². The molecule has 0 aromatic rings. The molecule has 4 nitrogen and oxygen atoms in total. The Kier molecular flexibility index (Phi) is 8.00. The molecular formula is C12H28N2O2S. The number of sulfonamides is 1. The van der Waals surface area contributed by atoms with Gasteiger partial charge in [-0.05, 0) is 25.8 Å². The van der Waals surface area contributed by atoms with Gasteiger partial charge in [0.2, 0.25) is 10.0 Å². The van der Waals surface area contributed by atoms with Gasteiger partial charge in [0, 0.05) is 12.1 Å². The van der Waals surface area contributed by atoms with E-state index in [1.807, 2.05) is 6.92 Å². The van der Waals surface area contributed by atoms with Gasteiger partial charge in [-0.2, -0.15) is 0 Å². The fourth-order valence-electron chi connectivity index (χ4n) is 1.46. The van der Waals surface area contributed by atoms with Crippen molar-refractivity contribution < 1.29 is 8.42 Å². The summed E-state index contributed by atoms with van der Waals surface area (Å²) in [5, 5.41) is 3.21. The van der Waals surface area contributed by atoms with Gasteiger partial charge in [-0.25, -0.2) is 13.1 Å². The first-order chi connectivity index (χ1) is 7.78. The number of rotatable bonds is 9. The lowest BCUT2D eigenvalue weighted by atomic mass is 10.0. The van der Waals surface area contributed by atoms with Gasteiger partial charge in [-0.3, -0.25) is 0 Å². The third kappa shape index (κ3) is 8.57. The van der Waals surface area contributed by atoms with E-state index in [1.165, 1.54) is 0 Å². The molecule has 0 heterocycles. The molecule has 0 radical (unpaired) electrons. The van der Waals surface area contributed by atoms with Gasteiger partial charge >= 0.3 is 0 Å². The first-order valence-corrected chi connectivity index (χ1v) is 8.17. The predicted molar refractivity (Wildman–Crippen MR) is 73.6 cm³/mol. The maximum absolute atomic E-state index is 11.8. The molecule has 0 aliphatic carbocycles. The van der Waals surface area contributed by atoms with Crippen LogP contribution < -0.4 is 10.0 Å². The van der Waals surface area contributed by atoms with Crippen molar-refractivity contribution in [3.05, 3.63) is 0 Å². The predicted octanol–water partition coefficient (Wildman–Crippen LogP) is 1.73. The van der Waals surface area contributed by atoms with E-state index in [0.29, 0.717) is 18.4 Å². The van der Waals surface area contributed by atoms with Crippen LogP contribution in [0.3, 0.4) is 0 Å². The number of hydrogen-bond donors (Lipinski definition) is 2. The van der Waals surface area contributed by atoms with E-state index in [4.69, 9.17) is 0 Å². The highest BCUT2D eigenvalue weighted by Crippen LogP contribution is 2.08.